The van der Waals surface area contributed by atoms with Gasteiger partial charge < -0.3 is 10.1 Å². The molecule has 1 N–H and O–H groups in total. The first-order valence-corrected chi connectivity index (χ1v) is 6.38. The van der Waals surface area contributed by atoms with Crippen LogP contribution in [-0.2, 0) is 0 Å². The van der Waals surface area contributed by atoms with E-state index in [1.165, 1.54) is 19.2 Å². The third-order valence-corrected chi connectivity index (χ3v) is 3.16. The van der Waals surface area contributed by atoms with Gasteiger partial charge in [-0.3, -0.25) is 0 Å². The van der Waals surface area contributed by atoms with Gasteiger partial charge in [0, 0.05) is 0 Å². The fourth-order valence-electron chi connectivity index (χ4n) is 2.16. The number of anilines is 1. The molecule has 20 heavy (non-hydrogen) atoms. The smallest absolute Gasteiger partial charge is 0.146 e. The van der Waals surface area contributed by atoms with Crippen molar-refractivity contribution in [2.45, 2.75) is 19.9 Å². The first kappa shape index (κ1) is 14.3. The number of nitrogens with one attached hydrogen (secondary N) is 1. The monoisotopic (exact) mass is 277 g/mol. The van der Waals surface area contributed by atoms with Crippen LogP contribution in [0.4, 0.5) is 14.5 Å². The molecule has 1 atom stereocenters. The highest BCUT2D eigenvalue weighted by Gasteiger charge is 2.17. The van der Waals surface area contributed by atoms with E-state index in [-0.39, 0.29) is 11.6 Å². The number of methoxy groups -OCH3 is 1. The topological polar surface area (TPSA) is 21.3 Å². The second-order valence-electron chi connectivity index (χ2n) is 4.71. The third kappa shape index (κ3) is 2.90. The molecule has 0 saturated heterocycles. The summed E-state index contributed by atoms with van der Waals surface area (Å²) in [4.78, 5) is 0. The number of benzene rings is 2. The lowest BCUT2D eigenvalue weighted by Crippen LogP contribution is -2.11. The Kier molecular flexibility index (Phi) is 4.23. The lowest BCUT2D eigenvalue weighted by atomic mass is 10.1. The Morgan fingerprint density at radius 1 is 1.10 bits per heavy atom. The molecule has 0 aliphatic heterocycles. The van der Waals surface area contributed by atoms with Crippen LogP contribution in [0.15, 0.2) is 36.4 Å². The second kappa shape index (κ2) is 5.90. The Bertz CT molecular complexity index is 613. The largest absolute Gasteiger partial charge is 0.496 e. The van der Waals surface area contributed by atoms with E-state index in [1.54, 1.807) is 31.2 Å². The summed E-state index contributed by atoms with van der Waals surface area (Å²) in [7, 11) is 1.48. The van der Waals surface area contributed by atoms with Crippen LogP contribution >= 0.6 is 0 Å². The molecular formula is C16H17F2NO. The molecule has 1 unspecified atom stereocenters. The zero-order chi connectivity index (χ0) is 14.7. The number of halogens is 2. The zero-order valence-corrected chi connectivity index (χ0v) is 11.7. The van der Waals surface area contributed by atoms with Gasteiger partial charge in [-0.25, -0.2) is 8.78 Å². The molecule has 0 saturated carbocycles. The minimum atomic E-state index is -0.414. The van der Waals surface area contributed by atoms with Crippen LogP contribution < -0.4 is 10.1 Å². The van der Waals surface area contributed by atoms with Gasteiger partial charge in [-0.1, -0.05) is 12.1 Å². The van der Waals surface area contributed by atoms with Crippen LogP contribution in [0.1, 0.15) is 24.1 Å². The van der Waals surface area contributed by atoms with Crippen molar-refractivity contribution in [3.8, 4) is 5.75 Å². The Morgan fingerprint density at radius 3 is 2.50 bits per heavy atom. The van der Waals surface area contributed by atoms with E-state index < -0.39 is 6.04 Å². The van der Waals surface area contributed by atoms with Crippen molar-refractivity contribution in [3.05, 3.63) is 59.2 Å². The molecule has 0 radical (unpaired) electrons. The van der Waals surface area contributed by atoms with Crippen LogP contribution in [0.25, 0.3) is 0 Å². The molecule has 0 fully saturated rings. The molecule has 4 heteroatoms. The van der Waals surface area contributed by atoms with Crippen LogP contribution in [0, 0.1) is 18.6 Å². The number of hydrogen-bond donors (Lipinski definition) is 1. The third-order valence-electron chi connectivity index (χ3n) is 3.16. The number of hydrogen-bond acceptors (Lipinski definition) is 2. The summed E-state index contributed by atoms with van der Waals surface area (Å²) >= 11 is 0. The van der Waals surface area contributed by atoms with Crippen LogP contribution in [0.5, 0.6) is 5.75 Å². The summed E-state index contributed by atoms with van der Waals surface area (Å²) in [5.41, 5.74) is 1.56. The summed E-state index contributed by atoms with van der Waals surface area (Å²) in [6, 6.07) is 9.10. The van der Waals surface area contributed by atoms with Crippen molar-refractivity contribution in [2.24, 2.45) is 0 Å². The molecule has 0 spiro atoms. The predicted octanol–water partition coefficient (Wildman–Crippen LogP) is 4.45. The lowest BCUT2D eigenvalue weighted by Gasteiger charge is -2.19. The molecule has 2 rings (SSSR count). The van der Waals surface area contributed by atoms with Crippen molar-refractivity contribution in [2.75, 3.05) is 12.4 Å². The highest BCUT2D eigenvalue weighted by Crippen LogP contribution is 2.30. The van der Waals surface area contributed by atoms with E-state index in [9.17, 15) is 8.78 Å². The van der Waals surface area contributed by atoms with Crippen LogP contribution in [-0.4, -0.2) is 7.11 Å². The van der Waals surface area contributed by atoms with E-state index in [1.807, 2.05) is 6.92 Å². The fraction of sp³-hybridized carbons (Fsp3) is 0.250. The van der Waals surface area contributed by atoms with Gasteiger partial charge in [0.2, 0.25) is 0 Å². The van der Waals surface area contributed by atoms with Crippen LogP contribution in [0.2, 0.25) is 0 Å². The molecule has 0 aromatic heterocycles. The van der Waals surface area contributed by atoms with Gasteiger partial charge in [-0.05, 0) is 43.7 Å². The van der Waals surface area contributed by atoms with Crippen molar-refractivity contribution < 1.29 is 13.5 Å². The van der Waals surface area contributed by atoms with Crippen molar-refractivity contribution in [3.63, 3.8) is 0 Å². The molecule has 0 aliphatic rings. The quantitative estimate of drug-likeness (QED) is 0.891. The SMILES string of the molecule is COc1cccc(F)c1C(C)Nc1ccc(C)cc1F. The average Bonchev–Trinajstić information content (AvgIpc) is 2.41. The van der Waals surface area contributed by atoms with Gasteiger partial charge in [-0.2, -0.15) is 0 Å². The standard InChI is InChI=1S/C16H17F2NO/c1-10-7-8-14(13(18)9-10)19-11(2)16-12(17)5-4-6-15(16)20-3/h4-9,11,19H,1-3H3. The van der Waals surface area contributed by atoms with Crippen LogP contribution in [0.3, 0.4) is 0 Å². The Morgan fingerprint density at radius 2 is 1.85 bits per heavy atom. The predicted molar refractivity (Wildman–Crippen MR) is 76.1 cm³/mol. The highest BCUT2D eigenvalue weighted by atomic mass is 19.1. The number of aryl methyl sites for hydroxylation is 1. The van der Waals surface area contributed by atoms with Gasteiger partial charge in [0.15, 0.2) is 0 Å². The van der Waals surface area contributed by atoms with Crippen molar-refractivity contribution in [1.29, 1.82) is 0 Å². The summed E-state index contributed by atoms with van der Waals surface area (Å²) in [5.74, 6) is -0.290. The minimum Gasteiger partial charge on any atom is -0.496 e. The maximum absolute atomic E-state index is 13.9. The molecule has 0 amide bonds. The summed E-state index contributed by atoms with van der Waals surface area (Å²) in [6.07, 6.45) is 0. The second-order valence-corrected chi connectivity index (χ2v) is 4.71. The Balaban J connectivity index is 2.30. The minimum absolute atomic E-state index is 0.341. The molecule has 106 valence electrons. The van der Waals surface area contributed by atoms with E-state index in [4.69, 9.17) is 4.74 Å². The zero-order valence-electron chi connectivity index (χ0n) is 11.7. The molecule has 0 aliphatic carbocycles. The summed E-state index contributed by atoms with van der Waals surface area (Å²) in [6.45, 7) is 3.58. The molecule has 0 heterocycles. The molecule has 0 bridgehead atoms. The molecular weight excluding hydrogens is 260 g/mol. The van der Waals surface area contributed by atoms with E-state index in [0.29, 0.717) is 17.0 Å². The first-order valence-electron chi connectivity index (χ1n) is 6.38. The van der Waals surface area contributed by atoms with Gasteiger partial charge >= 0.3 is 0 Å². The first-order chi connectivity index (χ1) is 9.52. The van der Waals surface area contributed by atoms with Gasteiger partial charge in [0.05, 0.1) is 24.4 Å². The van der Waals surface area contributed by atoms with Crippen molar-refractivity contribution >= 4 is 5.69 Å². The number of ether oxygens (including phenoxy) is 1. The Labute approximate surface area is 117 Å². The van der Waals surface area contributed by atoms with Crippen molar-refractivity contribution in [1.82, 2.24) is 0 Å². The highest BCUT2D eigenvalue weighted by molar-refractivity contribution is 5.50. The average molecular weight is 277 g/mol. The Hall–Kier alpha value is -2.10. The maximum atomic E-state index is 13.9. The molecule has 2 aromatic rings. The van der Waals surface area contributed by atoms with Gasteiger partial charge in [-0.15, -0.1) is 0 Å². The lowest BCUT2D eigenvalue weighted by molar-refractivity contribution is 0.402. The van der Waals surface area contributed by atoms with E-state index >= 15 is 0 Å². The van der Waals surface area contributed by atoms with E-state index in [2.05, 4.69) is 5.32 Å². The number of rotatable bonds is 4. The summed E-state index contributed by atoms with van der Waals surface area (Å²) in [5, 5.41) is 2.97. The summed E-state index contributed by atoms with van der Waals surface area (Å²) < 4.78 is 32.9. The fourth-order valence-corrected chi connectivity index (χ4v) is 2.16. The normalized spacial score (nSPS) is 12.1. The van der Waals surface area contributed by atoms with E-state index in [0.717, 1.165) is 5.56 Å². The maximum Gasteiger partial charge on any atom is 0.146 e. The van der Waals surface area contributed by atoms with Gasteiger partial charge in [0.25, 0.3) is 0 Å². The van der Waals surface area contributed by atoms with Gasteiger partial charge in [0.1, 0.15) is 17.4 Å². The molecule has 2 aromatic carbocycles. The molecule has 2 nitrogen and oxygen atoms in total.